The normalized spacial score (nSPS) is 30.9. The molecule has 1 aromatic carbocycles. The van der Waals surface area contributed by atoms with E-state index in [0.717, 1.165) is 24.8 Å². The van der Waals surface area contributed by atoms with Gasteiger partial charge < -0.3 is 0 Å². The molecule has 0 heterocycles. The summed E-state index contributed by atoms with van der Waals surface area (Å²) in [5.41, 5.74) is 8.23. The van der Waals surface area contributed by atoms with Crippen LogP contribution in [0.1, 0.15) is 53.2 Å². The fourth-order valence-electron chi connectivity index (χ4n) is 4.73. The number of carbonyl (C=O) groups excluding carboxylic acids is 1. The SMILES string of the molecule is C=C1C(C)=C2c3ccc(C)c(C)c3C(=O)C23CCC1C3. The summed E-state index contributed by atoms with van der Waals surface area (Å²) >= 11 is 0. The molecule has 2 unspecified atom stereocenters. The first kappa shape index (κ1) is 12.1. The van der Waals surface area contributed by atoms with E-state index in [1.807, 2.05) is 0 Å². The Morgan fingerprint density at radius 3 is 2.75 bits per heavy atom. The van der Waals surface area contributed by atoms with Crippen molar-refractivity contribution < 1.29 is 4.79 Å². The molecule has 2 bridgehead atoms. The molecule has 1 saturated carbocycles. The van der Waals surface area contributed by atoms with E-state index < -0.39 is 0 Å². The molecule has 20 heavy (non-hydrogen) atoms. The van der Waals surface area contributed by atoms with E-state index in [9.17, 15) is 4.79 Å². The zero-order valence-electron chi connectivity index (χ0n) is 12.5. The molecule has 0 aromatic heterocycles. The Kier molecular flexibility index (Phi) is 2.14. The molecule has 0 amide bonds. The first-order valence-corrected chi connectivity index (χ1v) is 7.53. The summed E-state index contributed by atoms with van der Waals surface area (Å²) < 4.78 is 0. The highest BCUT2D eigenvalue weighted by Crippen LogP contribution is 2.64. The van der Waals surface area contributed by atoms with E-state index >= 15 is 0 Å². The highest BCUT2D eigenvalue weighted by molar-refractivity contribution is 6.19. The lowest BCUT2D eigenvalue weighted by Crippen LogP contribution is -2.27. The molecule has 1 nitrogen and oxygen atoms in total. The fraction of sp³-hybridized carbons (Fsp3) is 0.421. The third-order valence-corrected chi connectivity index (χ3v) is 6.01. The average Bonchev–Trinajstić information content (AvgIpc) is 2.93. The molecule has 1 heteroatoms. The van der Waals surface area contributed by atoms with Gasteiger partial charge in [-0.25, -0.2) is 0 Å². The minimum absolute atomic E-state index is 0.211. The summed E-state index contributed by atoms with van der Waals surface area (Å²) in [6.45, 7) is 10.7. The van der Waals surface area contributed by atoms with E-state index in [0.29, 0.717) is 11.7 Å². The van der Waals surface area contributed by atoms with Gasteiger partial charge in [-0.1, -0.05) is 18.7 Å². The van der Waals surface area contributed by atoms with Gasteiger partial charge in [0.1, 0.15) is 0 Å². The number of ketones is 1. The van der Waals surface area contributed by atoms with E-state index in [2.05, 4.69) is 39.5 Å². The Hall–Kier alpha value is -1.63. The molecular formula is C19H20O. The molecule has 1 spiro atoms. The van der Waals surface area contributed by atoms with E-state index in [1.54, 1.807) is 0 Å². The largest absolute Gasteiger partial charge is 0.293 e. The standard InChI is InChI=1S/C19H20O/c1-10-5-6-15-16(11(10)2)18(20)19-8-7-14(9-19)12(3)13(4)17(15)19/h5-6,14H,3,7-9H2,1-2,4H3. The van der Waals surface area contributed by atoms with Gasteiger partial charge in [-0.05, 0) is 79.4 Å². The fourth-order valence-corrected chi connectivity index (χ4v) is 4.73. The third-order valence-electron chi connectivity index (χ3n) is 6.01. The molecule has 0 radical (unpaired) electrons. The van der Waals surface area contributed by atoms with Crippen LogP contribution in [-0.2, 0) is 0 Å². The van der Waals surface area contributed by atoms with Gasteiger partial charge >= 0.3 is 0 Å². The summed E-state index contributed by atoms with van der Waals surface area (Å²) in [6.07, 6.45) is 3.12. The van der Waals surface area contributed by atoms with Crippen LogP contribution in [0, 0.1) is 25.2 Å². The Morgan fingerprint density at radius 2 is 2.00 bits per heavy atom. The van der Waals surface area contributed by atoms with Crippen LogP contribution in [0.4, 0.5) is 0 Å². The second kappa shape index (κ2) is 3.52. The number of aryl methyl sites for hydroxylation is 1. The molecule has 0 saturated heterocycles. The molecule has 2 atom stereocenters. The number of hydrogen-bond donors (Lipinski definition) is 0. The van der Waals surface area contributed by atoms with E-state index in [1.165, 1.54) is 33.4 Å². The van der Waals surface area contributed by atoms with Crippen molar-refractivity contribution in [1.29, 1.82) is 0 Å². The number of rotatable bonds is 0. The van der Waals surface area contributed by atoms with Crippen LogP contribution in [0.15, 0.2) is 29.9 Å². The van der Waals surface area contributed by atoms with Crippen LogP contribution in [0.25, 0.3) is 5.57 Å². The predicted molar refractivity (Wildman–Crippen MR) is 81.8 cm³/mol. The van der Waals surface area contributed by atoms with Crippen LogP contribution in [0.5, 0.6) is 0 Å². The minimum atomic E-state index is -0.211. The first-order chi connectivity index (χ1) is 9.47. The van der Waals surface area contributed by atoms with Gasteiger partial charge in [-0.15, -0.1) is 0 Å². The topological polar surface area (TPSA) is 17.1 Å². The average molecular weight is 264 g/mol. The smallest absolute Gasteiger partial charge is 0.174 e. The minimum Gasteiger partial charge on any atom is -0.293 e. The van der Waals surface area contributed by atoms with E-state index in [4.69, 9.17) is 0 Å². The third kappa shape index (κ3) is 1.14. The van der Waals surface area contributed by atoms with Crippen molar-refractivity contribution in [1.82, 2.24) is 0 Å². The van der Waals surface area contributed by atoms with Gasteiger partial charge in [0.2, 0.25) is 0 Å². The maximum atomic E-state index is 13.2. The lowest BCUT2D eigenvalue weighted by Gasteiger charge is -2.32. The second-order valence-corrected chi connectivity index (χ2v) is 6.81. The lowest BCUT2D eigenvalue weighted by atomic mass is 9.70. The van der Waals surface area contributed by atoms with Crippen molar-refractivity contribution in [3.05, 3.63) is 52.1 Å². The Morgan fingerprint density at radius 1 is 1.25 bits per heavy atom. The van der Waals surface area contributed by atoms with Gasteiger partial charge in [0.05, 0.1) is 5.41 Å². The zero-order chi connectivity index (χ0) is 14.2. The number of benzene rings is 1. The maximum absolute atomic E-state index is 13.2. The molecule has 1 aromatic rings. The number of allylic oxidation sites excluding steroid dienone is 3. The van der Waals surface area contributed by atoms with Crippen LogP contribution in [-0.4, -0.2) is 5.78 Å². The van der Waals surface area contributed by atoms with Crippen LogP contribution in [0.3, 0.4) is 0 Å². The van der Waals surface area contributed by atoms with Gasteiger partial charge in [-0.3, -0.25) is 4.79 Å². The van der Waals surface area contributed by atoms with Gasteiger partial charge in [-0.2, -0.15) is 0 Å². The Balaban J connectivity index is 2.11. The summed E-state index contributed by atoms with van der Waals surface area (Å²) in [5.74, 6) is 0.913. The molecular weight excluding hydrogens is 244 g/mol. The predicted octanol–water partition coefficient (Wildman–Crippen LogP) is 4.63. The summed E-state index contributed by atoms with van der Waals surface area (Å²) in [4.78, 5) is 13.2. The van der Waals surface area contributed by atoms with Crippen LogP contribution < -0.4 is 0 Å². The molecule has 102 valence electrons. The molecule has 1 fully saturated rings. The number of hydrogen-bond acceptors (Lipinski definition) is 1. The van der Waals surface area contributed by atoms with Crippen molar-refractivity contribution in [2.45, 2.75) is 40.0 Å². The lowest BCUT2D eigenvalue weighted by molar-refractivity contribution is 0.0875. The van der Waals surface area contributed by atoms with Gasteiger partial charge in [0.25, 0.3) is 0 Å². The van der Waals surface area contributed by atoms with Gasteiger partial charge in [0.15, 0.2) is 5.78 Å². The monoisotopic (exact) mass is 264 g/mol. The molecule has 0 aliphatic heterocycles. The van der Waals surface area contributed by atoms with Crippen LogP contribution >= 0.6 is 0 Å². The molecule has 4 rings (SSSR count). The molecule has 0 N–H and O–H groups in total. The van der Waals surface area contributed by atoms with Crippen molar-refractivity contribution in [3.63, 3.8) is 0 Å². The number of fused-ring (bicyclic) bond motifs is 3. The highest BCUT2D eigenvalue weighted by atomic mass is 16.1. The maximum Gasteiger partial charge on any atom is 0.174 e. The van der Waals surface area contributed by atoms with Crippen molar-refractivity contribution in [2.75, 3.05) is 0 Å². The summed E-state index contributed by atoms with van der Waals surface area (Å²) in [5, 5.41) is 0. The number of Topliss-reactive ketones (excluding diaryl/α,β-unsaturated/α-hetero) is 1. The quantitative estimate of drug-likeness (QED) is 0.667. The Bertz CT molecular complexity index is 720. The first-order valence-electron chi connectivity index (χ1n) is 7.53. The van der Waals surface area contributed by atoms with E-state index in [-0.39, 0.29) is 5.41 Å². The summed E-state index contributed by atoms with van der Waals surface area (Å²) in [6, 6.07) is 4.32. The Labute approximate surface area is 120 Å². The highest BCUT2D eigenvalue weighted by Gasteiger charge is 2.57. The van der Waals surface area contributed by atoms with Crippen LogP contribution in [0.2, 0.25) is 0 Å². The summed E-state index contributed by atoms with van der Waals surface area (Å²) in [7, 11) is 0. The second-order valence-electron chi connectivity index (χ2n) is 6.81. The zero-order valence-corrected chi connectivity index (χ0v) is 12.5. The molecule has 3 aliphatic carbocycles. The van der Waals surface area contributed by atoms with Crippen molar-refractivity contribution in [3.8, 4) is 0 Å². The molecule has 3 aliphatic rings. The van der Waals surface area contributed by atoms with Crippen molar-refractivity contribution in [2.24, 2.45) is 11.3 Å². The number of carbonyl (C=O) groups is 1. The van der Waals surface area contributed by atoms with Gasteiger partial charge in [0, 0.05) is 5.56 Å². The van der Waals surface area contributed by atoms with Crippen molar-refractivity contribution >= 4 is 11.4 Å².